The molecule has 102 valence electrons. The Labute approximate surface area is 122 Å². The second-order valence-electron chi connectivity index (χ2n) is 4.49. The first-order valence-corrected chi connectivity index (χ1v) is 7.19. The summed E-state index contributed by atoms with van der Waals surface area (Å²) in [5, 5.41) is 6.81. The zero-order chi connectivity index (χ0) is 14.2. The fourth-order valence-electron chi connectivity index (χ4n) is 2.22. The van der Waals surface area contributed by atoms with Gasteiger partial charge in [0.1, 0.15) is 0 Å². The van der Waals surface area contributed by atoms with Crippen LogP contribution in [0, 0.1) is 0 Å². The number of fused-ring (bicyclic) bond motifs is 1. The van der Waals surface area contributed by atoms with Gasteiger partial charge in [-0.15, -0.1) is 11.3 Å². The number of hydrogen-bond donors (Lipinski definition) is 1. The Morgan fingerprint density at radius 3 is 2.90 bits per heavy atom. The van der Waals surface area contributed by atoms with E-state index in [2.05, 4.69) is 15.1 Å². The molecule has 0 amide bonds. The van der Waals surface area contributed by atoms with Crippen molar-refractivity contribution in [2.75, 3.05) is 0 Å². The molecule has 0 fully saturated rings. The molecule has 0 radical (unpaired) electrons. The van der Waals surface area contributed by atoms with Crippen LogP contribution in [0.1, 0.15) is 0 Å². The summed E-state index contributed by atoms with van der Waals surface area (Å²) in [6, 6.07) is 12.9. The number of aromatic amines is 1. The Morgan fingerprint density at radius 1 is 1.14 bits per heavy atom. The zero-order valence-electron chi connectivity index (χ0n) is 10.7. The summed E-state index contributed by atoms with van der Waals surface area (Å²) in [6.07, 6.45) is 0. The highest BCUT2D eigenvalue weighted by Gasteiger charge is 2.14. The van der Waals surface area contributed by atoms with Gasteiger partial charge in [-0.25, -0.2) is 0 Å². The molecule has 0 saturated carbocycles. The van der Waals surface area contributed by atoms with E-state index in [4.69, 9.17) is 4.52 Å². The van der Waals surface area contributed by atoms with Gasteiger partial charge in [0.05, 0.1) is 10.4 Å². The molecule has 0 spiro atoms. The number of para-hydroxylation sites is 1. The summed E-state index contributed by atoms with van der Waals surface area (Å²) >= 11 is 1.54. The maximum Gasteiger partial charge on any atom is 0.259 e. The van der Waals surface area contributed by atoms with Gasteiger partial charge in [0, 0.05) is 17.0 Å². The average Bonchev–Trinajstić information content (AvgIpc) is 3.17. The quantitative estimate of drug-likeness (QED) is 0.616. The van der Waals surface area contributed by atoms with Crippen molar-refractivity contribution in [1.82, 2.24) is 15.1 Å². The number of aromatic nitrogens is 3. The van der Waals surface area contributed by atoms with E-state index >= 15 is 0 Å². The van der Waals surface area contributed by atoms with Crippen LogP contribution < -0.4 is 5.56 Å². The molecule has 1 N–H and O–H groups in total. The second kappa shape index (κ2) is 4.68. The summed E-state index contributed by atoms with van der Waals surface area (Å²) in [5.41, 5.74) is 1.19. The van der Waals surface area contributed by atoms with Crippen molar-refractivity contribution >= 4 is 22.2 Å². The minimum Gasteiger partial charge on any atom is -0.334 e. The average molecular weight is 295 g/mol. The third-order valence-corrected chi connectivity index (χ3v) is 4.01. The Kier molecular flexibility index (Phi) is 2.68. The topological polar surface area (TPSA) is 71.8 Å². The molecule has 3 aromatic heterocycles. The largest absolute Gasteiger partial charge is 0.334 e. The van der Waals surface area contributed by atoms with Crippen molar-refractivity contribution < 1.29 is 4.52 Å². The molecule has 0 aliphatic carbocycles. The number of rotatable bonds is 2. The fraction of sp³-hybridized carbons (Fsp3) is 0. The number of hydrogen-bond acceptors (Lipinski definition) is 5. The van der Waals surface area contributed by atoms with Gasteiger partial charge in [-0.3, -0.25) is 4.79 Å². The molecule has 1 aromatic carbocycles. The van der Waals surface area contributed by atoms with E-state index in [0.717, 1.165) is 15.8 Å². The van der Waals surface area contributed by atoms with E-state index in [9.17, 15) is 4.79 Å². The van der Waals surface area contributed by atoms with Gasteiger partial charge in [-0.2, -0.15) is 4.98 Å². The van der Waals surface area contributed by atoms with Crippen molar-refractivity contribution in [2.24, 2.45) is 0 Å². The summed E-state index contributed by atoms with van der Waals surface area (Å²) < 4.78 is 5.33. The predicted octanol–water partition coefficient (Wildman–Crippen LogP) is 3.31. The molecular weight excluding hydrogens is 286 g/mol. The van der Waals surface area contributed by atoms with Crippen molar-refractivity contribution in [2.45, 2.75) is 0 Å². The molecule has 0 saturated heterocycles. The molecular formula is C15H9N3O2S. The number of nitrogens with zero attached hydrogens (tertiary/aromatic N) is 2. The van der Waals surface area contributed by atoms with Gasteiger partial charge in [0.2, 0.25) is 11.4 Å². The molecule has 6 heteroatoms. The van der Waals surface area contributed by atoms with E-state index in [0.29, 0.717) is 17.3 Å². The van der Waals surface area contributed by atoms with Crippen molar-refractivity contribution in [3.8, 4) is 22.2 Å². The molecule has 0 aliphatic heterocycles. The first-order valence-electron chi connectivity index (χ1n) is 6.31. The predicted molar refractivity (Wildman–Crippen MR) is 81.2 cm³/mol. The lowest BCUT2D eigenvalue weighted by atomic mass is 10.1. The Hall–Kier alpha value is -2.73. The van der Waals surface area contributed by atoms with Crippen LogP contribution in [0.25, 0.3) is 33.1 Å². The minimum absolute atomic E-state index is 0.195. The Morgan fingerprint density at radius 2 is 2.05 bits per heavy atom. The molecule has 3 heterocycles. The highest BCUT2D eigenvalue weighted by molar-refractivity contribution is 7.13. The lowest BCUT2D eigenvalue weighted by molar-refractivity contribution is 0.433. The molecule has 21 heavy (non-hydrogen) atoms. The van der Waals surface area contributed by atoms with Crippen LogP contribution in [0.3, 0.4) is 0 Å². The Bertz CT molecular complexity index is 970. The summed E-state index contributed by atoms with van der Waals surface area (Å²) in [4.78, 5) is 19.9. The number of thiophene rings is 1. The monoisotopic (exact) mass is 295 g/mol. The lowest BCUT2D eigenvalue weighted by Gasteiger charge is -2.01. The van der Waals surface area contributed by atoms with Crippen LogP contribution in [0.4, 0.5) is 0 Å². The molecule has 0 aliphatic rings. The maximum absolute atomic E-state index is 11.8. The van der Waals surface area contributed by atoms with Gasteiger partial charge in [0.25, 0.3) is 5.89 Å². The van der Waals surface area contributed by atoms with E-state index < -0.39 is 0 Å². The standard InChI is InChI=1S/C15H9N3O2S/c19-13-8-10(9-4-1-2-5-11(9)16-13)15-17-14(18-20-15)12-6-3-7-21-12/h1-8H,(H,16,19). The number of H-pyrrole nitrogens is 1. The van der Waals surface area contributed by atoms with Crippen LogP contribution >= 0.6 is 11.3 Å². The zero-order valence-corrected chi connectivity index (χ0v) is 11.6. The van der Waals surface area contributed by atoms with Gasteiger partial charge < -0.3 is 9.51 Å². The highest BCUT2D eigenvalue weighted by Crippen LogP contribution is 2.28. The third-order valence-electron chi connectivity index (χ3n) is 3.15. The van der Waals surface area contributed by atoms with Crippen molar-refractivity contribution in [3.05, 3.63) is 58.2 Å². The van der Waals surface area contributed by atoms with Gasteiger partial charge in [0.15, 0.2) is 0 Å². The van der Waals surface area contributed by atoms with Gasteiger partial charge in [-0.1, -0.05) is 29.4 Å². The molecule has 0 unspecified atom stereocenters. The SMILES string of the molecule is O=c1cc(-c2nc(-c3cccs3)no2)c2ccccc2[nH]1. The summed E-state index contributed by atoms with van der Waals surface area (Å²) in [7, 11) is 0. The van der Waals surface area contributed by atoms with E-state index in [1.807, 2.05) is 41.8 Å². The van der Waals surface area contributed by atoms with E-state index in [-0.39, 0.29) is 5.56 Å². The maximum atomic E-state index is 11.8. The highest BCUT2D eigenvalue weighted by atomic mass is 32.1. The molecule has 0 atom stereocenters. The Balaban J connectivity index is 1.93. The number of nitrogens with one attached hydrogen (secondary N) is 1. The van der Waals surface area contributed by atoms with Gasteiger partial charge in [-0.05, 0) is 17.5 Å². The fourth-order valence-corrected chi connectivity index (χ4v) is 2.87. The molecule has 4 rings (SSSR count). The smallest absolute Gasteiger partial charge is 0.259 e. The molecule has 4 aromatic rings. The van der Waals surface area contributed by atoms with Crippen LogP contribution in [-0.2, 0) is 0 Å². The van der Waals surface area contributed by atoms with E-state index in [1.165, 1.54) is 17.4 Å². The van der Waals surface area contributed by atoms with Crippen LogP contribution in [0.2, 0.25) is 0 Å². The normalized spacial score (nSPS) is 11.0. The summed E-state index contributed by atoms with van der Waals surface area (Å²) in [6.45, 7) is 0. The molecule has 5 nitrogen and oxygen atoms in total. The lowest BCUT2D eigenvalue weighted by Crippen LogP contribution is -2.04. The minimum atomic E-state index is -0.195. The van der Waals surface area contributed by atoms with Crippen LogP contribution in [-0.4, -0.2) is 15.1 Å². The van der Waals surface area contributed by atoms with Crippen LogP contribution in [0.15, 0.2) is 57.2 Å². The first-order chi connectivity index (χ1) is 10.3. The number of pyridine rings is 1. The van der Waals surface area contributed by atoms with Gasteiger partial charge >= 0.3 is 0 Å². The first kappa shape index (κ1) is 12.0. The second-order valence-corrected chi connectivity index (χ2v) is 5.44. The number of benzene rings is 1. The summed E-state index contributed by atoms with van der Waals surface area (Å²) in [5.74, 6) is 0.880. The van der Waals surface area contributed by atoms with E-state index in [1.54, 1.807) is 0 Å². The third kappa shape index (κ3) is 2.05. The van der Waals surface area contributed by atoms with Crippen molar-refractivity contribution in [3.63, 3.8) is 0 Å². The molecule has 0 bridgehead atoms. The van der Waals surface area contributed by atoms with Crippen LogP contribution in [0.5, 0.6) is 0 Å². The van der Waals surface area contributed by atoms with Crippen molar-refractivity contribution in [1.29, 1.82) is 0 Å².